The minimum atomic E-state index is -0.895. The average molecular weight is 213 g/mol. The lowest BCUT2D eigenvalue weighted by atomic mass is 10.00. The first-order valence-corrected chi connectivity index (χ1v) is 5.02. The molecule has 0 aliphatic heterocycles. The third-order valence-corrected chi connectivity index (χ3v) is 2.54. The van der Waals surface area contributed by atoms with Crippen LogP contribution in [0.1, 0.15) is 17.2 Å². The van der Waals surface area contributed by atoms with Crippen LogP contribution in [0.25, 0.3) is 0 Å². The smallest absolute Gasteiger partial charge is 0.106 e. The number of nitrogens with two attached hydrogens (primary N) is 1. The van der Waals surface area contributed by atoms with Crippen molar-refractivity contribution in [3.63, 3.8) is 0 Å². The van der Waals surface area contributed by atoms with Crippen LogP contribution < -0.4 is 5.73 Å². The van der Waals surface area contributed by atoms with Crippen molar-refractivity contribution in [3.8, 4) is 0 Å². The second kappa shape index (κ2) is 4.68. The van der Waals surface area contributed by atoms with E-state index >= 15 is 0 Å². The van der Waals surface area contributed by atoms with Gasteiger partial charge in [0, 0.05) is 11.4 Å². The van der Waals surface area contributed by atoms with Crippen LogP contribution in [0, 0.1) is 6.92 Å². The van der Waals surface area contributed by atoms with Gasteiger partial charge in [-0.1, -0.05) is 6.07 Å². The van der Waals surface area contributed by atoms with Crippen LogP contribution in [0.4, 0.5) is 5.69 Å². The molecule has 0 radical (unpaired) electrons. The number of benzene rings is 1. The lowest BCUT2D eigenvalue weighted by Gasteiger charge is -2.18. The van der Waals surface area contributed by atoms with Crippen LogP contribution in [0.2, 0.25) is 0 Å². The number of aliphatic hydroxyl groups excluding tert-OH is 2. The van der Waals surface area contributed by atoms with Gasteiger partial charge in [0.25, 0.3) is 0 Å². The van der Waals surface area contributed by atoms with Crippen LogP contribution in [-0.4, -0.2) is 22.1 Å². The summed E-state index contributed by atoms with van der Waals surface area (Å²) < 4.78 is 0. The molecular weight excluding hydrogens is 198 g/mol. The fraction of sp³-hybridized carbons (Fsp3) is 0.400. The highest BCUT2D eigenvalue weighted by Gasteiger charge is 2.18. The van der Waals surface area contributed by atoms with E-state index in [2.05, 4.69) is 12.6 Å². The summed E-state index contributed by atoms with van der Waals surface area (Å²) in [5.41, 5.74) is 7.80. The fourth-order valence-electron chi connectivity index (χ4n) is 1.34. The van der Waals surface area contributed by atoms with Gasteiger partial charge in [0.05, 0.1) is 6.10 Å². The molecule has 1 rings (SSSR count). The number of hydrogen-bond acceptors (Lipinski definition) is 4. The second-order valence-electron chi connectivity index (χ2n) is 3.31. The Morgan fingerprint density at radius 1 is 1.43 bits per heavy atom. The van der Waals surface area contributed by atoms with Crippen molar-refractivity contribution in [2.24, 2.45) is 0 Å². The summed E-state index contributed by atoms with van der Waals surface area (Å²) in [6.45, 7) is 1.85. The monoisotopic (exact) mass is 213 g/mol. The van der Waals surface area contributed by atoms with Crippen molar-refractivity contribution in [1.82, 2.24) is 0 Å². The van der Waals surface area contributed by atoms with E-state index < -0.39 is 12.2 Å². The number of anilines is 1. The molecule has 0 fully saturated rings. The van der Waals surface area contributed by atoms with E-state index in [1.165, 1.54) is 0 Å². The van der Waals surface area contributed by atoms with E-state index in [0.29, 0.717) is 11.3 Å². The van der Waals surface area contributed by atoms with Crippen molar-refractivity contribution >= 4 is 18.3 Å². The quantitative estimate of drug-likeness (QED) is 0.445. The molecule has 0 aromatic heterocycles. The molecule has 0 spiro atoms. The van der Waals surface area contributed by atoms with E-state index in [0.717, 1.165) is 5.56 Å². The summed E-state index contributed by atoms with van der Waals surface area (Å²) in [4.78, 5) is 0. The topological polar surface area (TPSA) is 66.5 Å². The summed E-state index contributed by atoms with van der Waals surface area (Å²) >= 11 is 3.92. The zero-order valence-electron chi connectivity index (χ0n) is 8.01. The standard InChI is InChI=1S/C10H15NO2S/c1-6-4-7(11)2-3-8(6)10(13)9(12)5-14/h2-4,9-10,12-14H,5,11H2,1H3. The average Bonchev–Trinajstić information content (AvgIpc) is 2.15. The number of hydrogen-bond donors (Lipinski definition) is 4. The fourth-order valence-corrected chi connectivity index (χ4v) is 1.54. The second-order valence-corrected chi connectivity index (χ2v) is 3.68. The SMILES string of the molecule is Cc1cc(N)ccc1C(O)C(O)CS. The zero-order valence-corrected chi connectivity index (χ0v) is 8.91. The summed E-state index contributed by atoms with van der Waals surface area (Å²) in [5.74, 6) is 0.227. The first-order chi connectivity index (χ1) is 6.56. The molecule has 0 aliphatic rings. The minimum absolute atomic E-state index is 0.227. The van der Waals surface area contributed by atoms with Gasteiger partial charge >= 0.3 is 0 Å². The third kappa shape index (κ3) is 2.41. The van der Waals surface area contributed by atoms with Gasteiger partial charge in [-0.05, 0) is 30.2 Å². The first-order valence-electron chi connectivity index (χ1n) is 4.39. The molecule has 0 saturated heterocycles. The Morgan fingerprint density at radius 3 is 2.57 bits per heavy atom. The van der Waals surface area contributed by atoms with Gasteiger partial charge < -0.3 is 15.9 Å². The van der Waals surface area contributed by atoms with Crippen molar-refractivity contribution in [1.29, 1.82) is 0 Å². The predicted molar refractivity (Wildman–Crippen MR) is 60.4 cm³/mol. The highest BCUT2D eigenvalue weighted by atomic mass is 32.1. The predicted octanol–water partition coefficient (Wildman–Crippen LogP) is 0.901. The van der Waals surface area contributed by atoms with Gasteiger partial charge in [0.15, 0.2) is 0 Å². The van der Waals surface area contributed by atoms with Crippen molar-refractivity contribution in [3.05, 3.63) is 29.3 Å². The van der Waals surface area contributed by atoms with Crippen LogP contribution >= 0.6 is 12.6 Å². The molecule has 4 heteroatoms. The Labute approximate surface area is 89.0 Å². The highest BCUT2D eigenvalue weighted by molar-refractivity contribution is 7.80. The molecule has 1 aromatic carbocycles. The molecule has 1 aromatic rings. The van der Waals surface area contributed by atoms with Gasteiger partial charge in [0.1, 0.15) is 6.10 Å². The van der Waals surface area contributed by atoms with E-state index in [1.807, 2.05) is 6.92 Å². The van der Waals surface area contributed by atoms with Crippen LogP contribution in [0.15, 0.2) is 18.2 Å². The van der Waals surface area contributed by atoms with Gasteiger partial charge in [-0.15, -0.1) is 0 Å². The number of thiol groups is 1. The molecule has 0 bridgehead atoms. The summed E-state index contributed by atoms with van der Waals surface area (Å²) in [7, 11) is 0. The molecule has 2 unspecified atom stereocenters. The Balaban J connectivity index is 2.95. The Bertz CT molecular complexity index is 317. The molecule has 0 heterocycles. The summed E-state index contributed by atoms with van der Waals surface area (Å²) in [5, 5.41) is 19.1. The number of aliphatic hydroxyl groups is 2. The number of aryl methyl sites for hydroxylation is 1. The molecule has 2 atom stereocenters. The lowest BCUT2D eigenvalue weighted by molar-refractivity contribution is 0.0334. The minimum Gasteiger partial charge on any atom is -0.399 e. The third-order valence-electron chi connectivity index (χ3n) is 2.16. The van der Waals surface area contributed by atoms with Gasteiger partial charge in [-0.2, -0.15) is 12.6 Å². The highest BCUT2D eigenvalue weighted by Crippen LogP contribution is 2.23. The Kier molecular flexibility index (Phi) is 3.80. The number of rotatable bonds is 3. The number of nitrogen functional groups attached to an aromatic ring is 1. The van der Waals surface area contributed by atoms with Gasteiger partial charge in [-0.25, -0.2) is 0 Å². The summed E-state index contributed by atoms with van der Waals surface area (Å²) in [6.07, 6.45) is -1.74. The van der Waals surface area contributed by atoms with E-state index in [9.17, 15) is 10.2 Å². The van der Waals surface area contributed by atoms with E-state index in [-0.39, 0.29) is 5.75 Å². The van der Waals surface area contributed by atoms with Crippen molar-refractivity contribution < 1.29 is 10.2 Å². The van der Waals surface area contributed by atoms with Crippen molar-refractivity contribution in [2.75, 3.05) is 11.5 Å². The van der Waals surface area contributed by atoms with Crippen LogP contribution in [0.5, 0.6) is 0 Å². The summed E-state index contributed by atoms with van der Waals surface area (Å²) in [6, 6.07) is 5.20. The molecule has 78 valence electrons. The molecule has 0 saturated carbocycles. The van der Waals surface area contributed by atoms with Crippen LogP contribution in [0.3, 0.4) is 0 Å². The molecule has 4 N–H and O–H groups in total. The maximum atomic E-state index is 9.72. The normalized spacial score (nSPS) is 15.1. The molecule has 14 heavy (non-hydrogen) atoms. The van der Waals surface area contributed by atoms with E-state index in [4.69, 9.17) is 5.73 Å². The first kappa shape index (κ1) is 11.4. The molecule has 3 nitrogen and oxygen atoms in total. The van der Waals surface area contributed by atoms with Crippen LogP contribution in [-0.2, 0) is 0 Å². The van der Waals surface area contributed by atoms with E-state index in [1.54, 1.807) is 18.2 Å². The molecule has 0 amide bonds. The molecule has 0 aliphatic carbocycles. The molecular formula is C10H15NO2S. The lowest BCUT2D eigenvalue weighted by Crippen LogP contribution is -2.20. The Hall–Kier alpha value is -0.710. The maximum Gasteiger partial charge on any atom is 0.106 e. The Morgan fingerprint density at radius 2 is 2.07 bits per heavy atom. The van der Waals surface area contributed by atoms with Gasteiger partial charge in [-0.3, -0.25) is 0 Å². The van der Waals surface area contributed by atoms with Crippen molar-refractivity contribution in [2.45, 2.75) is 19.1 Å². The maximum absolute atomic E-state index is 9.72. The largest absolute Gasteiger partial charge is 0.399 e. The zero-order chi connectivity index (χ0) is 10.7. The van der Waals surface area contributed by atoms with Gasteiger partial charge in [0.2, 0.25) is 0 Å².